The van der Waals surface area contributed by atoms with Crippen LogP contribution in [0.4, 0.5) is 0 Å². The lowest BCUT2D eigenvalue weighted by molar-refractivity contribution is 0.530. The van der Waals surface area contributed by atoms with Gasteiger partial charge in [-0.15, -0.1) is 0 Å². The van der Waals surface area contributed by atoms with Gasteiger partial charge in [-0.25, -0.2) is 0 Å². The first-order valence-electron chi connectivity index (χ1n) is 4.32. The quantitative estimate of drug-likeness (QED) is 0.548. The fraction of sp³-hybridized carbons (Fsp3) is 0.875. The topological polar surface area (TPSA) is 15.6 Å². The van der Waals surface area contributed by atoms with Gasteiger partial charge in [0, 0.05) is 18.3 Å². The average molecular weight is 170 g/mol. The van der Waals surface area contributed by atoms with Gasteiger partial charge in [-0.1, -0.05) is 18.7 Å². The molecule has 0 N–H and O–H groups in total. The van der Waals surface area contributed by atoms with Crippen molar-refractivity contribution in [1.82, 2.24) is 4.90 Å². The van der Waals surface area contributed by atoms with Gasteiger partial charge in [-0.05, 0) is 12.8 Å². The van der Waals surface area contributed by atoms with Crippen LogP contribution < -0.4 is 0 Å². The summed E-state index contributed by atoms with van der Waals surface area (Å²) >= 11 is 1.94. The Morgan fingerprint density at radius 2 is 2.18 bits per heavy atom. The predicted molar refractivity (Wildman–Crippen MR) is 50.2 cm³/mol. The van der Waals surface area contributed by atoms with Gasteiger partial charge in [0.2, 0.25) is 0 Å². The average Bonchev–Trinajstić information content (AvgIpc) is 2.55. The van der Waals surface area contributed by atoms with E-state index in [1.165, 1.54) is 31.1 Å². The Hall–Kier alpha value is -0.180. The molecule has 0 radical (unpaired) electrons. The molecule has 2 heterocycles. The highest BCUT2D eigenvalue weighted by Crippen LogP contribution is 2.25. The van der Waals surface area contributed by atoms with Gasteiger partial charge in [0.05, 0.1) is 6.54 Å². The summed E-state index contributed by atoms with van der Waals surface area (Å²) in [5.41, 5.74) is 0. The van der Waals surface area contributed by atoms with Crippen molar-refractivity contribution in [3.05, 3.63) is 0 Å². The van der Waals surface area contributed by atoms with Crippen molar-refractivity contribution in [2.24, 2.45) is 4.99 Å². The summed E-state index contributed by atoms with van der Waals surface area (Å²) in [7, 11) is 0. The minimum Gasteiger partial charge on any atom is -0.351 e. The Balaban J connectivity index is 1.94. The molecule has 0 amide bonds. The summed E-state index contributed by atoms with van der Waals surface area (Å²) in [6.45, 7) is 5.74. The van der Waals surface area contributed by atoms with Crippen LogP contribution in [-0.4, -0.2) is 35.0 Å². The maximum absolute atomic E-state index is 4.50. The third-order valence-corrected chi connectivity index (χ3v) is 3.32. The van der Waals surface area contributed by atoms with Gasteiger partial charge < -0.3 is 4.90 Å². The third kappa shape index (κ3) is 1.53. The number of hydrogen-bond donors (Lipinski definition) is 0. The minimum atomic E-state index is 0.714. The van der Waals surface area contributed by atoms with Gasteiger partial charge in [0.25, 0.3) is 0 Å². The molecule has 0 bridgehead atoms. The molecule has 3 heteroatoms. The fourth-order valence-corrected chi connectivity index (χ4v) is 2.53. The van der Waals surface area contributed by atoms with E-state index in [0.29, 0.717) is 5.25 Å². The molecule has 62 valence electrons. The van der Waals surface area contributed by atoms with Crippen molar-refractivity contribution in [2.45, 2.75) is 25.0 Å². The largest absolute Gasteiger partial charge is 0.351 e. The summed E-state index contributed by atoms with van der Waals surface area (Å²) in [4.78, 5) is 6.93. The first-order valence-corrected chi connectivity index (χ1v) is 5.20. The number of aliphatic imine (C=N–C) groups is 1. The van der Waals surface area contributed by atoms with Crippen molar-refractivity contribution < 1.29 is 0 Å². The second kappa shape index (κ2) is 3.05. The number of hydrogen-bond acceptors (Lipinski definition) is 3. The highest BCUT2D eigenvalue weighted by atomic mass is 32.2. The number of nitrogens with zero attached hydrogens (tertiary/aromatic N) is 2. The summed E-state index contributed by atoms with van der Waals surface area (Å²) in [5.74, 6) is 0. The molecular formula is C8H14N2S. The number of thioether (sulfide) groups is 1. The lowest BCUT2D eigenvalue weighted by Gasteiger charge is -2.15. The van der Waals surface area contributed by atoms with Crippen molar-refractivity contribution >= 4 is 16.9 Å². The Morgan fingerprint density at radius 1 is 1.45 bits per heavy atom. The van der Waals surface area contributed by atoms with Crippen LogP contribution in [0.3, 0.4) is 0 Å². The molecule has 0 aromatic carbocycles. The molecule has 2 aliphatic heterocycles. The molecule has 1 atom stereocenters. The predicted octanol–water partition coefficient (Wildman–Crippen LogP) is 1.57. The van der Waals surface area contributed by atoms with E-state index in [-0.39, 0.29) is 0 Å². The monoisotopic (exact) mass is 170 g/mol. The van der Waals surface area contributed by atoms with E-state index < -0.39 is 0 Å². The van der Waals surface area contributed by atoms with Gasteiger partial charge in [0.15, 0.2) is 5.17 Å². The molecule has 0 aliphatic carbocycles. The Labute approximate surface area is 72.1 Å². The molecule has 11 heavy (non-hydrogen) atoms. The van der Waals surface area contributed by atoms with Crippen LogP contribution >= 0.6 is 11.8 Å². The number of rotatable bonds is 0. The van der Waals surface area contributed by atoms with Gasteiger partial charge in [-0.3, -0.25) is 4.99 Å². The van der Waals surface area contributed by atoms with Crippen molar-refractivity contribution in [3.63, 3.8) is 0 Å². The van der Waals surface area contributed by atoms with Crippen molar-refractivity contribution in [1.29, 1.82) is 0 Å². The summed E-state index contributed by atoms with van der Waals surface area (Å²) in [6.07, 6.45) is 2.71. The molecule has 2 rings (SSSR count). The van der Waals surface area contributed by atoms with E-state index in [9.17, 15) is 0 Å². The van der Waals surface area contributed by atoms with Crippen LogP contribution in [0, 0.1) is 0 Å². The van der Waals surface area contributed by atoms with Crippen LogP contribution in [-0.2, 0) is 0 Å². The van der Waals surface area contributed by atoms with E-state index in [4.69, 9.17) is 0 Å². The number of amidine groups is 1. The zero-order valence-electron chi connectivity index (χ0n) is 6.92. The summed E-state index contributed by atoms with van der Waals surface area (Å²) < 4.78 is 0. The van der Waals surface area contributed by atoms with Crippen LogP contribution in [0.1, 0.15) is 19.8 Å². The molecule has 1 saturated heterocycles. The molecule has 0 saturated carbocycles. The number of likely N-dealkylation sites (tertiary alicyclic amines) is 1. The Morgan fingerprint density at radius 3 is 2.73 bits per heavy atom. The molecule has 2 nitrogen and oxygen atoms in total. The zero-order valence-corrected chi connectivity index (χ0v) is 7.73. The van der Waals surface area contributed by atoms with Crippen LogP contribution in [0.15, 0.2) is 4.99 Å². The molecule has 0 unspecified atom stereocenters. The molecular weight excluding hydrogens is 156 g/mol. The van der Waals surface area contributed by atoms with Crippen LogP contribution in [0.25, 0.3) is 0 Å². The first kappa shape index (κ1) is 7.47. The van der Waals surface area contributed by atoms with Crippen LogP contribution in [0.2, 0.25) is 0 Å². The fourth-order valence-electron chi connectivity index (χ4n) is 1.54. The van der Waals surface area contributed by atoms with Crippen LogP contribution in [0.5, 0.6) is 0 Å². The van der Waals surface area contributed by atoms with Crippen molar-refractivity contribution in [3.8, 4) is 0 Å². The van der Waals surface area contributed by atoms with Gasteiger partial charge >= 0.3 is 0 Å². The first-order chi connectivity index (χ1) is 5.36. The van der Waals surface area contributed by atoms with E-state index in [0.717, 1.165) is 6.54 Å². The van der Waals surface area contributed by atoms with E-state index in [1.807, 2.05) is 11.8 Å². The SMILES string of the molecule is C[C@@H]1CN=C(N2CCCC2)S1. The van der Waals surface area contributed by atoms with E-state index >= 15 is 0 Å². The molecule has 0 aromatic rings. The second-order valence-corrected chi connectivity index (χ2v) is 4.65. The van der Waals surface area contributed by atoms with Gasteiger partial charge in [0.1, 0.15) is 0 Å². The molecule has 2 aliphatic rings. The smallest absolute Gasteiger partial charge is 0.159 e. The summed E-state index contributed by atoms with van der Waals surface area (Å²) in [5, 5.41) is 2.01. The third-order valence-electron chi connectivity index (χ3n) is 2.17. The Kier molecular flexibility index (Phi) is 2.07. The van der Waals surface area contributed by atoms with E-state index in [1.54, 1.807) is 0 Å². The highest BCUT2D eigenvalue weighted by Gasteiger charge is 2.22. The minimum absolute atomic E-state index is 0.714. The highest BCUT2D eigenvalue weighted by molar-refractivity contribution is 8.14. The van der Waals surface area contributed by atoms with Gasteiger partial charge in [-0.2, -0.15) is 0 Å². The maximum Gasteiger partial charge on any atom is 0.159 e. The molecule has 0 aromatic heterocycles. The maximum atomic E-state index is 4.50. The van der Waals surface area contributed by atoms with E-state index in [2.05, 4.69) is 16.8 Å². The Bertz CT molecular complexity index is 173. The molecule has 1 fully saturated rings. The normalized spacial score (nSPS) is 31.2. The zero-order chi connectivity index (χ0) is 7.68. The summed E-state index contributed by atoms with van der Waals surface area (Å²) in [6, 6.07) is 0. The lowest BCUT2D eigenvalue weighted by Crippen LogP contribution is -2.23. The molecule has 0 spiro atoms. The lowest BCUT2D eigenvalue weighted by atomic mass is 10.4. The second-order valence-electron chi connectivity index (χ2n) is 3.25. The standard InChI is InChI=1S/C8H14N2S/c1-7-6-9-8(11-7)10-4-2-3-5-10/h7H,2-6H2,1H3/t7-/m1/s1. The van der Waals surface area contributed by atoms with Crippen molar-refractivity contribution in [2.75, 3.05) is 19.6 Å².